The molecule has 0 amide bonds. The molecule has 0 radical (unpaired) electrons. The first-order valence-electron chi connectivity index (χ1n) is 4.12. The molecule has 0 saturated carbocycles. The van der Waals surface area contributed by atoms with E-state index in [4.69, 9.17) is 17.3 Å². The maximum absolute atomic E-state index is 5.90. The second-order valence-electron chi connectivity index (χ2n) is 2.96. The molecule has 0 unspecified atom stereocenters. The molecule has 0 fully saturated rings. The number of anilines is 1. The van der Waals surface area contributed by atoms with Crippen molar-refractivity contribution in [2.45, 2.75) is 0 Å². The zero-order chi connectivity index (χ0) is 10.6. The Morgan fingerprint density at radius 1 is 1.43 bits per heavy atom. The lowest BCUT2D eigenvalue weighted by molar-refractivity contribution is 0.613. The predicted molar refractivity (Wildman–Crippen MR) is 60.4 cm³/mol. The predicted octanol–water partition coefficient (Wildman–Crippen LogP) is 1.54. The minimum absolute atomic E-state index is 0.393. The van der Waals surface area contributed by atoms with Gasteiger partial charge in [0.1, 0.15) is 0 Å². The minimum Gasteiger partial charge on any atom is -0.368 e. The molecule has 0 spiro atoms. The van der Waals surface area contributed by atoms with Gasteiger partial charge in [0.15, 0.2) is 0 Å². The fourth-order valence-electron chi connectivity index (χ4n) is 0.769. The van der Waals surface area contributed by atoms with Gasteiger partial charge < -0.3 is 10.6 Å². The molecular weight excluding hydrogens is 200 g/mol. The number of benzene rings is 1. The summed E-state index contributed by atoms with van der Waals surface area (Å²) in [5.74, 6) is 0.393. The van der Waals surface area contributed by atoms with E-state index in [2.05, 4.69) is 10.5 Å². The summed E-state index contributed by atoms with van der Waals surface area (Å²) in [4.78, 5) is 1.70. The van der Waals surface area contributed by atoms with E-state index in [1.165, 1.54) is 0 Å². The van der Waals surface area contributed by atoms with Crippen molar-refractivity contribution in [3.63, 3.8) is 0 Å². The van der Waals surface area contributed by atoms with Gasteiger partial charge in [0, 0.05) is 14.1 Å². The van der Waals surface area contributed by atoms with E-state index in [1.807, 2.05) is 32.3 Å². The number of hydrogen-bond donors (Lipinski definition) is 2. The summed E-state index contributed by atoms with van der Waals surface area (Å²) in [5.41, 5.74) is 9.10. The van der Waals surface area contributed by atoms with E-state index in [9.17, 15) is 0 Å². The lowest BCUT2D eigenvalue weighted by Gasteiger charge is -2.10. The molecule has 1 rings (SSSR count). The van der Waals surface area contributed by atoms with Crippen LogP contribution in [0.5, 0.6) is 0 Å². The van der Waals surface area contributed by atoms with Crippen LogP contribution in [0.15, 0.2) is 29.4 Å². The van der Waals surface area contributed by atoms with E-state index in [0.29, 0.717) is 11.0 Å². The van der Waals surface area contributed by atoms with Crippen LogP contribution in [0, 0.1) is 0 Å². The molecule has 0 atom stereocenters. The van der Waals surface area contributed by atoms with Crippen LogP contribution in [0.2, 0.25) is 5.02 Å². The molecule has 76 valence electrons. The Labute approximate surface area is 88.3 Å². The van der Waals surface area contributed by atoms with Crippen LogP contribution in [0.3, 0.4) is 0 Å². The Bertz CT molecular complexity index is 335. The Morgan fingerprint density at radius 3 is 2.64 bits per heavy atom. The highest BCUT2D eigenvalue weighted by Gasteiger charge is 1.97. The number of para-hydroxylation sites is 1. The van der Waals surface area contributed by atoms with Crippen molar-refractivity contribution in [2.24, 2.45) is 10.8 Å². The maximum atomic E-state index is 5.90. The van der Waals surface area contributed by atoms with Crippen molar-refractivity contribution in [1.82, 2.24) is 4.90 Å². The average Bonchev–Trinajstić information content (AvgIpc) is 2.16. The summed E-state index contributed by atoms with van der Waals surface area (Å²) in [7, 11) is 3.63. The van der Waals surface area contributed by atoms with Crippen LogP contribution in [-0.4, -0.2) is 25.0 Å². The summed E-state index contributed by atoms with van der Waals surface area (Å²) in [6.45, 7) is 0. The second-order valence-corrected chi connectivity index (χ2v) is 3.36. The number of hydrazone groups is 1. The summed E-state index contributed by atoms with van der Waals surface area (Å²) in [6.07, 6.45) is 0. The molecule has 0 heterocycles. The van der Waals surface area contributed by atoms with Crippen molar-refractivity contribution < 1.29 is 0 Å². The third-order valence-electron chi connectivity index (χ3n) is 1.62. The van der Waals surface area contributed by atoms with Crippen molar-refractivity contribution >= 4 is 23.2 Å². The van der Waals surface area contributed by atoms with Gasteiger partial charge in [0.2, 0.25) is 5.96 Å². The monoisotopic (exact) mass is 212 g/mol. The normalized spacial score (nSPS) is 11.2. The van der Waals surface area contributed by atoms with Crippen LogP contribution in [-0.2, 0) is 0 Å². The molecule has 4 nitrogen and oxygen atoms in total. The SMILES string of the molecule is CN(C)/C(N)=N/Nc1ccccc1Cl. The van der Waals surface area contributed by atoms with Crippen molar-refractivity contribution in [3.05, 3.63) is 29.3 Å². The zero-order valence-electron chi connectivity index (χ0n) is 8.16. The Morgan fingerprint density at radius 2 is 2.07 bits per heavy atom. The van der Waals surface area contributed by atoms with Crippen LogP contribution < -0.4 is 11.2 Å². The fourth-order valence-corrected chi connectivity index (χ4v) is 0.947. The fraction of sp³-hybridized carbons (Fsp3) is 0.222. The Hall–Kier alpha value is -1.42. The standard InChI is InChI=1S/C9H13ClN4/c1-14(2)9(11)13-12-8-6-4-3-5-7(8)10/h3-6,12H,1-2H3,(H2,11,13). The number of nitrogens with one attached hydrogen (secondary N) is 1. The highest BCUT2D eigenvalue weighted by atomic mass is 35.5. The summed E-state index contributed by atoms with van der Waals surface area (Å²) in [5, 5.41) is 4.55. The van der Waals surface area contributed by atoms with E-state index in [-0.39, 0.29) is 0 Å². The first-order valence-corrected chi connectivity index (χ1v) is 4.50. The maximum Gasteiger partial charge on any atom is 0.213 e. The van der Waals surface area contributed by atoms with Crippen LogP contribution in [0.25, 0.3) is 0 Å². The molecular formula is C9H13ClN4. The van der Waals surface area contributed by atoms with Gasteiger partial charge in [0.25, 0.3) is 0 Å². The van der Waals surface area contributed by atoms with Crippen LogP contribution in [0.1, 0.15) is 0 Å². The topological polar surface area (TPSA) is 53.6 Å². The molecule has 0 aliphatic carbocycles. The van der Waals surface area contributed by atoms with Gasteiger partial charge >= 0.3 is 0 Å². The quantitative estimate of drug-likeness (QED) is 0.444. The third kappa shape index (κ3) is 2.81. The van der Waals surface area contributed by atoms with Crippen molar-refractivity contribution in [3.8, 4) is 0 Å². The van der Waals surface area contributed by atoms with Crippen LogP contribution in [0.4, 0.5) is 5.69 Å². The number of rotatable bonds is 2. The lowest BCUT2D eigenvalue weighted by Crippen LogP contribution is -2.31. The molecule has 1 aromatic rings. The van der Waals surface area contributed by atoms with Gasteiger partial charge in [-0.3, -0.25) is 5.43 Å². The summed E-state index contributed by atoms with van der Waals surface area (Å²) < 4.78 is 0. The van der Waals surface area contributed by atoms with Gasteiger partial charge in [-0.2, -0.15) is 0 Å². The lowest BCUT2D eigenvalue weighted by atomic mass is 10.3. The molecule has 0 aliphatic heterocycles. The molecule has 14 heavy (non-hydrogen) atoms. The number of guanidine groups is 1. The number of nitrogens with two attached hydrogens (primary N) is 1. The first kappa shape index (κ1) is 10.7. The second kappa shape index (κ2) is 4.72. The molecule has 0 aromatic heterocycles. The molecule has 1 aromatic carbocycles. The molecule has 3 N–H and O–H groups in total. The zero-order valence-corrected chi connectivity index (χ0v) is 8.92. The number of nitrogens with zero attached hydrogens (tertiary/aromatic N) is 2. The highest BCUT2D eigenvalue weighted by molar-refractivity contribution is 6.33. The average molecular weight is 213 g/mol. The highest BCUT2D eigenvalue weighted by Crippen LogP contribution is 2.19. The largest absolute Gasteiger partial charge is 0.368 e. The van der Waals surface area contributed by atoms with Gasteiger partial charge in [-0.05, 0) is 12.1 Å². The van der Waals surface area contributed by atoms with Crippen molar-refractivity contribution in [1.29, 1.82) is 0 Å². The van der Waals surface area contributed by atoms with Gasteiger partial charge in [-0.25, -0.2) is 0 Å². The third-order valence-corrected chi connectivity index (χ3v) is 1.95. The van der Waals surface area contributed by atoms with E-state index in [1.54, 1.807) is 11.0 Å². The molecule has 0 saturated heterocycles. The summed E-state index contributed by atoms with van der Waals surface area (Å²) in [6, 6.07) is 7.34. The Balaban J connectivity index is 2.71. The molecule has 0 bridgehead atoms. The van der Waals surface area contributed by atoms with Crippen molar-refractivity contribution in [2.75, 3.05) is 19.5 Å². The minimum atomic E-state index is 0.393. The van der Waals surface area contributed by atoms with E-state index >= 15 is 0 Å². The van der Waals surface area contributed by atoms with Gasteiger partial charge in [-0.15, -0.1) is 5.10 Å². The van der Waals surface area contributed by atoms with E-state index in [0.717, 1.165) is 5.69 Å². The number of halogens is 1. The molecule has 0 aliphatic rings. The number of hydrogen-bond acceptors (Lipinski definition) is 2. The van der Waals surface area contributed by atoms with Gasteiger partial charge in [-0.1, -0.05) is 23.7 Å². The summed E-state index contributed by atoms with van der Waals surface area (Å²) >= 11 is 5.90. The smallest absolute Gasteiger partial charge is 0.213 e. The molecule has 5 heteroatoms. The first-order chi connectivity index (χ1) is 6.61. The van der Waals surface area contributed by atoms with E-state index < -0.39 is 0 Å². The van der Waals surface area contributed by atoms with Crippen LogP contribution >= 0.6 is 11.6 Å². The Kier molecular flexibility index (Phi) is 3.59. The van der Waals surface area contributed by atoms with Gasteiger partial charge in [0.05, 0.1) is 10.7 Å².